The average molecular weight is 474 g/mol. The number of rotatable bonds is 4. The van der Waals surface area contributed by atoms with Crippen LogP contribution in [-0.4, -0.2) is 32.6 Å². The van der Waals surface area contributed by atoms with E-state index in [-0.39, 0.29) is 17.2 Å². The van der Waals surface area contributed by atoms with E-state index < -0.39 is 0 Å². The molecule has 2 heterocycles. The van der Waals surface area contributed by atoms with Gasteiger partial charge < -0.3 is 0 Å². The van der Waals surface area contributed by atoms with Crippen molar-refractivity contribution in [3.63, 3.8) is 0 Å². The molecule has 1 aliphatic heterocycles. The van der Waals surface area contributed by atoms with E-state index in [1.165, 1.54) is 27.4 Å². The van der Waals surface area contributed by atoms with Crippen LogP contribution < -0.4 is 10.5 Å². The summed E-state index contributed by atoms with van der Waals surface area (Å²) in [5.74, 6) is 0.528. The minimum atomic E-state index is -0.228. The first kappa shape index (κ1) is 21.1. The van der Waals surface area contributed by atoms with Crippen LogP contribution in [0, 0.1) is 0 Å². The zero-order valence-corrected chi connectivity index (χ0v) is 18.7. The molecular weight excluding hydrogens is 458 g/mol. The number of fused-ring (bicyclic) bond motifs is 1. The topological polar surface area (TPSA) is 79.9 Å². The van der Waals surface area contributed by atoms with Crippen LogP contribution >= 0.6 is 23.4 Å². The quantitative estimate of drug-likeness (QED) is 0.322. The second-order valence-corrected chi connectivity index (χ2v) is 8.46. The predicted molar refractivity (Wildman–Crippen MR) is 134 cm³/mol. The van der Waals surface area contributed by atoms with Crippen molar-refractivity contribution in [3.05, 3.63) is 100 Å². The van der Waals surface area contributed by atoms with Gasteiger partial charge in [0.15, 0.2) is 11.0 Å². The first-order valence-corrected chi connectivity index (χ1v) is 11.4. The lowest BCUT2D eigenvalue weighted by Crippen LogP contribution is -2.29. The van der Waals surface area contributed by atoms with Crippen molar-refractivity contribution in [2.24, 2.45) is 10.2 Å². The molecule has 1 aliphatic rings. The Hall–Kier alpha value is -3.75. The maximum atomic E-state index is 13.3. The third-order valence-corrected chi connectivity index (χ3v) is 6.15. The van der Waals surface area contributed by atoms with Crippen LogP contribution in [-0.2, 0) is 4.79 Å². The zero-order chi connectivity index (χ0) is 22.8. The maximum Gasteiger partial charge on any atom is 0.266 e. The monoisotopic (exact) mass is 473 g/mol. The lowest BCUT2D eigenvalue weighted by molar-refractivity contribution is -0.115. The Morgan fingerprint density at radius 1 is 0.909 bits per heavy atom. The Bertz CT molecular complexity index is 1470. The van der Waals surface area contributed by atoms with Gasteiger partial charge in [-0.2, -0.15) is 5.10 Å². The molecule has 7 nitrogen and oxygen atoms in total. The van der Waals surface area contributed by atoms with Gasteiger partial charge in [0.25, 0.3) is 5.56 Å². The summed E-state index contributed by atoms with van der Waals surface area (Å²) in [4.78, 5) is 31.8. The first-order valence-electron chi connectivity index (χ1n) is 10.0. The van der Waals surface area contributed by atoms with Crippen molar-refractivity contribution in [1.82, 2.24) is 9.55 Å². The van der Waals surface area contributed by atoms with Crippen molar-refractivity contribution >= 4 is 57.2 Å². The van der Waals surface area contributed by atoms with Crippen LogP contribution in [0.25, 0.3) is 16.6 Å². The standard InChI is InChI=1S/C24H16ClN5O2S/c25-16-10-12-18(13-11-16)29-21(27-20-9-5-4-8-19(20)23(29)32)14-26-28-24-30(22(31)15-33-24)17-6-2-1-3-7-17/h1-14H,15H2/b26-14+,28-24+. The molecule has 162 valence electrons. The Morgan fingerprint density at radius 3 is 2.42 bits per heavy atom. The summed E-state index contributed by atoms with van der Waals surface area (Å²) in [6.07, 6.45) is 1.42. The number of nitrogens with zero attached hydrogens (tertiary/aromatic N) is 5. The molecule has 0 atom stereocenters. The number of anilines is 1. The molecule has 1 saturated heterocycles. The number of benzene rings is 3. The number of para-hydroxylation sites is 2. The number of halogens is 1. The normalized spacial score (nSPS) is 15.2. The Labute approximate surface area is 198 Å². The third kappa shape index (κ3) is 4.18. The molecule has 1 fully saturated rings. The number of amidine groups is 1. The molecule has 1 aromatic heterocycles. The Morgan fingerprint density at radius 2 is 1.64 bits per heavy atom. The number of aromatic nitrogens is 2. The number of carbonyl (C=O) groups is 1. The van der Waals surface area contributed by atoms with E-state index in [4.69, 9.17) is 11.6 Å². The van der Waals surface area contributed by atoms with E-state index in [0.717, 1.165) is 5.69 Å². The number of thioether (sulfide) groups is 1. The van der Waals surface area contributed by atoms with Crippen LogP contribution in [0.3, 0.4) is 0 Å². The van der Waals surface area contributed by atoms with Gasteiger partial charge in [0.2, 0.25) is 5.91 Å². The van der Waals surface area contributed by atoms with Crippen LogP contribution in [0.1, 0.15) is 5.82 Å². The Balaban J connectivity index is 1.58. The molecule has 4 aromatic rings. The number of hydrogen-bond donors (Lipinski definition) is 0. The summed E-state index contributed by atoms with van der Waals surface area (Å²) in [5, 5.41) is 9.96. The van der Waals surface area contributed by atoms with E-state index in [1.54, 1.807) is 42.5 Å². The lowest BCUT2D eigenvalue weighted by atomic mass is 10.2. The molecule has 3 aromatic carbocycles. The SMILES string of the molecule is O=C1CS/C(=N/N=C/c2nc3ccccc3c(=O)n2-c2ccc(Cl)cc2)N1c1ccccc1. The second-order valence-electron chi connectivity index (χ2n) is 7.08. The van der Waals surface area contributed by atoms with Gasteiger partial charge in [-0.05, 0) is 48.5 Å². The minimum Gasteiger partial charge on any atom is -0.273 e. The van der Waals surface area contributed by atoms with Crippen molar-refractivity contribution < 1.29 is 4.79 Å². The third-order valence-electron chi connectivity index (χ3n) is 4.98. The molecule has 0 aliphatic carbocycles. The maximum absolute atomic E-state index is 13.3. The van der Waals surface area contributed by atoms with E-state index in [0.29, 0.717) is 32.6 Å². The molecule has 5 rings (SSSR count). The zero-order valence-electron chi connectivity index (χ0n) is 17.1. The predicted octanol–water partition coefficient (Wildman–Crippen LogP) is 4.51. The summed E-state index contributed by atoms with van der Waals surface area (Å²) in [5.41, 5.74) is 1.66. The van der Waals surface area contributed by atoms with Gasteiger partial charge in [-0.25, -0.2) is 4.98 Å². The van der Waals surface area contributed by atoms with Crippen LogP contribution in [0.5, 0.6) is 0 Å². The van der Waals surface area contributed by atoms with Gasteiger partial charge in [-0.1, -0.05) is 53.7 Å². The second kappa shape index (κ2) is 9.01. The molecule has 0 N–H and O–H groups in total. The highest BCUT2D eigenvalue weighted by molar-refractivity contribution is 8.15. The van der Waals surface area contributed by atoms with Crippen LogP contribution in [0.4, 0.5) is 5.69 Å². The van der Waals surface area contributed by atoms with E-state index in [9.17, 15) is 9.59 Å². The van der Waals surface area contributed by atoms with Gasteiger partial charge >= 0.3 is 0 Å². The van der Waals surface area contributed by atoms with Crippen molar-refractivity contribution in [3.8, 4) is 5.69 Å². The molecule has 0 radical (unpaired) electrons. The van der Waals surface area contributed by atoms with E-state index in [1.807, 2.05) is 36.4 Å². The summed E-state index contributed by atoms with van der Waals surface area (Å²) in [6, 6.07) is 23.3. The van der Waals surface area contributed by atoms with Gasteiger partial charge in [0, 0.05) is 5.02 Å². The molecule has 0 spiro atoms. The highest BCUT2D eigenvalue weighted by Gasteiger charge is 2.29. The molecular formula is C24H16ClN5O2S. The fourth-order valence-electron chi connectivity index (χ4n) is 3.47. The minimum absolute atomic E-state index is 0.0675. The molecule has 0 saturated carbocycles. The number of amides is 1. The van der Waals surface area contributed by atoms with Crippen molar-refractivity contribution in [1.29, 1.82) is 0 Å². The largest absolute Gasteiger partial charge is 0.273 e. The smallest absolute Gasteiger partial charge is 0.266 e. The van der Waals surface area contributed by atoms with E-state index >= 15 is 0 Å². The van der Waals surface area contributed by atoms with E-state index in [2.05, 4.69) is 15.2 Å². The first-order chi connectivity index (χ1) is 16.1. The molecule has 33 heavy (non-hydrogen) atoms. The van der Waals surface area contributed by atoms with Crippen LogP contribution in [0.2, 0.25) is 5.02 Å². The van der Waals surface area contributed by atoms with Gasteiger partial charge in [-0.15, -0.1) is 5.10 Å². The summed E-state index contributed by atoms with van der Waals surface area (Å²) in [6.45, 7) is 0. The number of hydrogen-bond acceptors (Lipinski definition) is 6. The molecule has 9 heteroatoms. The van der Waals surface area contributed by atoms with Gasteiger partial charge in [0.1, 0.15) is 0 Å². The highest BCUT2D eigenvalue weighted by Crippen LogP contribution is 2.26. The van der Waals surface area contributed by atoms with Crippen LogP contribution in [0.15, 0.2) is 93.9 Å². The molecule has 1 amide bonds. The molecule has 0 unspecified atom stereocenters. The highest BCUT2D eigenvalue weighted by atomic mass is 35.5. The fourth-order valence-corrected chi connectivity index (χ4v) is 4.42. The molecule has 0 bridgehead atoms. The fraction of sp³-hybridized carbons (Fsp3) is 0.0417. The lowest BCUT2D eigenvalue weighted by Gasteiger charge is -2.14. The number of carbonyl (C=O) groups excluding carboxylic acids is 1. The van der Waals surface area contributed by atoms with Crippen molar-refractivity contribution in [2.45, 2.75) is 0 Å². The summed E-state index contributed by atoms with van der Waals surface area (Å²) >= 11 is 7.33. The Kier molecular flexibility index (Phi) is 5.77. The van der Waals surface area contributed by atoms with Crippen molar-refractivity contribution in [2.75, 3.05) is 10.7 Å². The average Bonchev–Trinajstić information content (AvgIpc) is 3.21. The van der Waals surface area contributed by atoms with Gasteiger partial charge in [-0.3, -0.25) is 19.1 Å². The van der Waals surface area contributed by atoms with Gasteiger partial charge in [0.05, 0.1) is 34.2 Å². The summed E-state index contributed by atoms with van der Waals surface area (Å²) in [7, 11) is 0. The summed E-state index contributed by atoms with van der Waals surface area (Å²) < 4.78 is 1.46.